The first kappa shape index (κ1) is 20.9. The van der Waals surface area contributed by atoms with Gasteiger partial charge < -0.3 is 14.6 Å². The number of hydrogen-bond acceptors (Lipinski definition) is 4. The molecule has 1 heterocycles. The second-order valence-corrected chi connectivity index (χ2v) is 6.80. The van der Waals surface area contributed by atoms with Crippen LogP contribution in [0.4, 0.5) is 4.39 Å². The van der Waals surface area contributed by atoms with E-state index in [-0.39, 0.29) is 28.5 Å². The number of carbonyl (C=O) groups is 2. The number of aromatic nitrogens is 1. The lowest BCUT2D eigenvalue weighted by Crippen LogP contribution is -2.46. The van der Waals surface area contributed by atoms with Gasteiger partial charge in [0.05, 0.1) is 17.1 Å². The van der Waals surface area contributed by atoms with E-state index in [1.807, 2.05) is 6.92 Å². The minimum atomic E-state index is -0.899. The van der Waals surface area contributed by atoms with Gasteiger partial charge in [-0.05, 0) is 31.9 Å². The van der Waals surface area contributed by atoms with Gasteiger partial charge in [-0.3, -0.25) is 9.59 Å². The van der Waals surface area contributed by atoms with Crippen molar-refractivity contribution in [2.75, 3.05) is 6.61 Å². The molecule has 0 aliphatic rings. The Kier molecular flexibility index (Phi) is 6.59. The molecule has 8 heteroatoms. The summed E-state index contributed by atoms with van der Waals surface area (Å²) in [6.45, 7) is 7.60. The number of fused-ring (bicyclic) bond motifs is 1. The highest BCUT2D eigenvalue weighted by atomic mass is 35.5. The van der Waals surface area contributed by atoms with Crippen LogP contribution in [0, 0.1) is 11.7 Å². The standard InChI is InChI=1S/C19H22ClFN2O4/c1-5-23-9-12(17(24)11-7-14(21)13(20)8-15(11)23)18(25)22-16(10(3)4)19(26)27-6-2/h7-10,16H,5-6H2,1-4H3,(H,22,25)/t16-/m0/s1. The molecule has 1 N–H and O–H groups in total. The molecule has 0 radical (unpaired) electrons. The Hall–Kier alpha value is -2.41. The van der Waals surface area contributed by atoms with E-state index in [0.717, 1.165) is 6.07 Å². The molecule has 0 spiro atoms. The van der Waals surface area contributed by atoms with Crippen LogP contribution in [0.3, 0.4) is 0 Å². The molecule has 0 saturated heterocycles. The van der Waals surface area contributed by atoms with E-state index in [1.165, 1.54) is 12.3 Å². The van der Waals surface area contributed by atoms with Crippen LogP contribution in [0.25, 0.3) is 10.9 Å². The van der Waals surface area contributed by atoms with Crippen molar-refractivity contribution in [1.82, 2.24) is 9.88 Å². The van der Waals surface area contributed by atoms with E-state index in [9.17, 15) is 18.8 Å². The maximum Gasteiger partial charge on any atom is 0.328 e. The summed E-state index contributed by atoms with van der Waals surface area (Å²) in [7, 11) is 0. The minimum Gasteiger partial charge on any atom is -0.464 e. The number of pyridine rings is 1. The van der Waals surface area contributed by atoms with E-state index in [0.29, 0.717) is 12.1 Å². The highest BCUT2D eigenvalue weighted by molar-refractivity contribution is 6.31. The number of hydrogen-bond donors (Lipinski definition) is 1. The van der Waals surface area contributed by atoms with Gasteiger partial charge in [-0.1, -0.05) is 25.4 Å². The quantitative estimate of drug-likeness (QED) is 0.761. The zero-order valence-corrected chi connectivity index (χ0v) is 16.4. The van der Waals surface area contributed by atoms with Gasteiger partial charge in [0, 0.05) is 18.1 Å². The van der Waals surface area contributed by atoms with Gasteiger partial charge in [-0.15, -0.1) is 0 Å². The second-order valence-electron chi connectivity index (χ2n) is 6.39. The van der Waals surface area contributed by atoms with Crippen LogP contribution in [0.2, 0.25) is 5.02 Å². The number of esters is 1. The number of ether oxygens (including phenoxy) is 1. The summed E-state index contributed by atoms with van der Waals surface area (Å²) < 4.78 is 20.5. The van der Waals surface area contributed by atoms with Gasteiger partial charge >= 0.3 is 5.97 Å². The third-order valence-corrected chi connectivity index (χ3v) is 4.49. The Balaban J connectivity index is 2.52. The zero-order chi connectivity index (χ0) is 20.3. The summed E-state index contributed by atoms with van der Waals surface area (Å²) >= 11 is 5.82. The van der Waals surface area contributed by atoms with Crippen LogP contribution in [-0.4, -0.2) is 29.1 Å². The normalized spacial score (nSPS) is 12.3. The molecule has 0 fully saturated rings. The Morgan fingerprint density at radius 3 is 2.52 bits per heavy atom. The van der Waals surface area contributed by atoms with E-state index < -0.39 is 29.2 Å². The van der Waals surface area contributed by atoms with E-state index in [2.05, 4.69) is 5.32 Å². The minimum absolute atomic E-state index is 0.0450. The first-order valence-corrected chi connectivity index (χ1v) is 9.08. The van der Waals surface area contributed by atoms with Gasteiger partial charge in [0.1, 0.15) is 17.4 Å². The topological polar surface area (TPSA) is 77.4 Å². The Labute approximate surface area is 161 Å². The molecule has 27 heavy (non-hydrogen) atoms. The molecule has 0 aliphatic carbocycles. The van der Waals surface area contributed by atoms with E-state index >= 15 is 0 Å². The number of nitrogens with zero attached hydrogens (tertiary/aromatic N) is 1. The monoisotopic (exact) mass is 396 g/mol. The smallest absolute Gasteiger partial charge is 0.328 e. The van der Waals surface area contributed by atoms with Gasteiger partial charge in [0.2, 0.25) is 5.43 Å². The third kappa shape index (κ3) is 4.30. The molecule has 1 atom stereocenters. The molecule has 2 rings (SSSR count). The molecule has 1 amide bonds. The lowest BCUT2D eigenvalue weighted by molar-refractivity contribution is -0.146. The lowest BCUT2D eigenvalue weighted by atomic mass is 10.0. The number of aryl methyl sites for hydroxylation is 1. The van der Waals surface area contributed by atoms with E-state index in [1.54, 1.807) is 25.3 Å². The summed E-state index contributed by atoms with van der Waals surface area (Å²) in [5.41, 5.74) is -0.383. The summed E-state index contributed by atoms with van der Waals surface area (Å²) in [5.74, 6) is -2.27. The molecule has 2 aromatic rings. The average molecular weight is 397 g/mol. The number of benzene rings is 1. The summed E-state index contributed by atoms with van der Waals surface area (Å²) in [4.78, 5) is 37.5. The SMILES string of the molecule is CCOC(=O)[C@@H](NC(=O)c1cn(CC)c2cc(Cl)c(F)cc2c1=O)C(C)C. The van der Waals surface area contributed by atoms with Crippen LogP contribution in [0.15, 0.2) is 23.1 Å². The number of carbonyl (C=O) groups excluding carboxylic acids is 2. The van der Waals surface area contributed by atoms with Gasteiger partial charge in [0.25, 0.3) is 5.91 Å². The third-order valence-electron chi connectivity index (χ3n) is 4.20. The van der Waals surface area contributed by atoms with Crippen molar-refractivity contribution < 1.29 is 18.7 Å². The summed E-state index contributed by atoms with van der Waals surface area (Å²) in [6.07, 6.45) is 1.39. The molecule has 0 aliphatic heterocycles. The van der Waals surface area contributed by atoms with Crippen LogP contribution in [0.1, 0.15) is 38.1 Å². The molecular weight excluding hydrogens is 375 g/mol. The predicted molar refractivity (Wildman–Crippen MR) is 102 cm³/mol. The highest BCUT2D eigenvalue weighted by Gasteiger charge is 2.27. The van der Waals surface area contributed by atoms with Crippen LogP contribution in [-0.2, 0) is 16.1 Å². The van der Waals surface area contributed by atoms with Crippen molar-refractivity contribution in [1.29, 1.82) is 0 Å². The van der Waals surface area contributed by atoms with Crippen molar-refractivity contribution in [3.05, 3.63) is 45.0 Å². The highest BCUT2D eigenvalue weighted by Crippen LogP contribution is 2.21. The average Bonchev–Trinajstić information content (AvgIpc) is 2.61. The van der Waals surface area contributed by atoms with Crippen LogP contribution in [0.5, 0.6) is 0 Å². The van der Waals surface area contributed by atoms with Crippen molar-refractivity contribution in [2.24, 2.45) is 5.92 Å². The Morgan fingerprint density at radius 1 is 1.30 bits per heavy atom. The number of rotatable bonds is 6. The molecule has 0 bridgehead atoms. The van der Waals surface area contributed by atoms with E-state index in [4.69, 9.17) is 16.3 Å². The molecular formula is C19H22ClFN2O4. The molecule has 0 saturated carbocycles. The van der Waals surface area contributed by atoms with Crippen molar-refractivity contribution in [3.63, 3.8) is 0 Å². The maximum atomic E-state index is 13.9. The largest absolute Gasteiger partial charge is 0.464 e. The van der Waals surface area contributed by atoms with Crippen LogP contribution < -0.4 is 10.7 Å². The number of nitrogens with one attached hydrogen (secondary N) is 1. The van der Waals surface area contributed by atoms with Crippen molar-refractivity contribution in [2.45, 2.75) is 40.3 Å². The zero-order valence-electron chi connectivity index (χ0n) is 15.6. The summed E-state index contributed by atoms with van der Waals surface area (Å²) in [6, 6.07) is 1.48. The fraction of sp³-hybridized carbons (Fsp3) is 0.421. The second kappa shape index (κ2) is 8.52. The Bertz CT molecular complexity index is 939. The molecule has 6 nitrogen and oxygen atoms in total. The molecule has 0 unspecified atom stereocenters. The van der Waals surface area contributed by atoms with Gasteiger partial charge in [0.15, 0.2) is 0 Å². The van der Waals surface area contributed by atoms with Crippen molar-refractivity contribution in [3.8, 4) is 0 Å². The fourth-order valence-electron chi connectivity index (χ4n) is 2.76. The first-order chi connectivity index (χ1) is 12.7. The summed E-state index contributed by atoms with van der Waals surface area (Å²) in [5, 5.41) is 2.49. The lowest BCUT2D eigenvalue weighted by Gasteiger charge is -2.21. The number of halogens is 2. The molecule has 1 aromatic heterocycles. The predicted octanol–water partition coefficient (Wildman–Crippen LogP) is 3.13. The van der Waals surface area contributed by atoms with Crippen molar-refractivity contribution >= 4 is 34.4 Å². The molecule has 146 valence electrons. The Morgan fingerprint density at radius 2 is 1.96 bits per heavy atom. The fourth-order valence-corrected chi connectivity index (χ4v) is 2.91. The molecule has 1 aromatic carbocycles. The van der Waals surface area contributed by atoms with Crippen LogP contribution >= 0.6 is 11.6 Å². The van der Waals surface area contributed by atoms with Gasteiger partial charge in [-0.2, -0.15) is 0 Å². The number of amides is 1. The maximum absolute atomic E-state index is 13.9. The first-order valence-electron chi connectivity index (χ1n) is 8.70. The van der Waals surface area contributed by atoms with Gasteiger partial charge in [-0.25, -0.2) is 9.18 Å².